The number of nitrogens with zero attached hydrogens (tertiary/aromatic N) is 1. The topological polar surface area (TPSA) is 40.5 Å². The maximum Gasteiger partial charge on any atom is 0.153 e. The summed E-state index contributed by atoms with van der Waals surface area (Å²) in [5.41, 5.74) is 1.36. The first-order chi connectivity index (χ1) is 8.10. The molecule has 2 rings (SSSR count). The molecule has 1 aromatic rings. The Labute approximate surface area is 102 Å². The average molecular weight is 233 g/mol. The molecule has 3 nitrogen and oxygen atoms in total. The van der Waals surface area contributed by atoms with Crippen molar-refractivity contribution in [1.29, 1.82) is 0 Å². The van der Waals surface area contributed by atoms with Crippen molar-refractivity contribution < 1.29 is 9.90 Å². The van der Waals surface area contributed by atoms with E-state index in [0.29, 0.717) is 23.7 Å². The van der Waals surface area contributed by atoms with Gasteiger partial charge in [-0.25, -0.2) is 0 Å². The van der Waals surface area contributed by atoms with Crippen molar-refractivity contribution >= 4 is 12.0 Å². The minimum Gasteiger partial charge on any atom is -0.507 e. The molecule has 0 aliphatic carbocycles. The fraction of sp³-hybridized carbons (Fsp3) is 0.500. The number of phenolic OH excluding ortho intramolecular Hbond substituents is 1. The van der Waals surface area contributed by atoms with Crippen LogP contribution in [0.5, 0.6) is 5.75 Å². The molecule has 1 saturated heterocycles. The minimum atomic E-state index is 0.0726. The van der Waals surface area contributed by atoms with Crippen LogP contribution >= 0.6 is 0 Å². The zero-order valence-corrected chi connectivity index (χ0v) is 10.4. The number of aromatic hydroxyl groups is 1. The van der Waals surface area contributed by atoms with Crippen molar-refractivity contribution in [2.75, 3.05) is 18.0 Å². The van der Waals surface area contributed by atoms with E-state index in [1.807, 2.05) is 6.07 Å². The number of benzene rings is 1. The van der Waals surface area contributed by atoms with Gasteiger partial charge in [0.25, 0.3) is 0 Å². The monoisotopic (exact) mass is 233 g/mol. The number of carbonyl (C=O) groups excluding carboxylic acids is 1. The fourth-order valence-electron chi connectivity index (χ4n) is 2.70. The highest BCUT2D eigenvalue weighted by molar-refractivity contribution is 5.80. The van der Waals surface area contributed by atoms with Crippen LogP contribution in [0.2, 0.25) is 0 Å². The Hall–Kier alpha value is -1.51. The summed E-state index contributed by atoms with van der Waals surface area (Å²) >= 11 is 0. The van der Waals surface area contributed by atoms with Gasteiger partial charge in [-0.05, 0) is 30.4 Å². The fourth-order valence-corrected chi connectivity index (χ4v) is 2.70. The van der Waals surface area contributed by atoms with Crippen molar-refractivity contribution in [1.82, 2.24) is 0 Å². The van der Waals surface area contributed by atoms with E-state index < -0.39 is 0 Å². The van der Waals surface area contributed by atoms with Crippen molar-refractivity contribution in [3.63, 3.8) is 0 Å². The van der Waals surface area contributed by atoms with Gasteiger partial charge in [-0.2, -0.15) is 0 Å². The Bertz CT molecular complexity index is 407. The second-order valence-electron chi connectivity index (χ2n) is 5.21. The lowest BCUT2D eigenvalue weighted by atomic mass is 9.91. The van der Waals surface area contributed by atoms with Crippen LogP contribution in [-0.4, -0.2) is 24.5 Å². The first-order valence-corrected chi connectivity index (χ1v) is 6.13. The third-order valence-electron chi connectivity index (χ3n) is 3.37. The Morgan fingerprint density at radius 3 is 2.47 bits per heavy atom. The molecule has 0 amide bonds. The van der Waals surface area contributed by atoms with Crippen LogP contribution in [0.4, 0.5) is 5.69 Å². The molecule has 1 aliphatic rings. The van der Waals surface area contributed by atoms with Crippen molar-refractivity contribution in [3.8, 4) is 5.75 Å². The molecular weight excluding hydrogens is 214 g/mol. The SMILES string of the molecule is CC1CC(C)CN(c2ccc(C=O)c(O)c2)C1. The van der Waals surface area contributed by atoms with Gasteiger partial charge >= 0.3 is 0 Å². The molecule has 3 heteroatoms. The third kappa shape index (κ3) is 2.60. The first-order valence-electron chi connectivity index (χ1n) is 6.13. The molecule has 0 spiro atoms. The third-order valence-corrected chi connectivity index (χ3v) is 3.37. The molecule has 0 bridgehead atoms. The van der Waals surface area contributed by atoms with Crippen LogP contribution in [-0.2, 0) is 0 Å². The summed E-state index contributed by atoms with van der Waals surface area (Å²) in [6.45, 7) is 6.54. The van der Waals surface area contributed by atoms with Gasteiger partial charge in [-0.1, -0.05) is 13.8 Å². The van der Waals surface area contributed by atoms with Crippen LogP contribution in [0.25, 0.3) is 0 Å². The summed E-state index contributed by atoms with van der Waals surface area (Å²) in [7, 11) is 0. The van der Waals surface area contributed by atoms with Gasteiger partial charge < -0.3 is 10.0 Å². The lowest BCUT2D eigenvalue weighted by molar-refractivity contribution is 0.112. The average Bonchev–Trinajstić information content (AvgIpc) is 2.27. The van der Waals surface area contributed by atoms with Gasteiger partial charge in [0.15, 0.2) is 6.29 Å². The zero-order chi connectivity index (χ0) is 12.4. The predicted molar refractivity (Wildman–Crippen MR) is 68.7 cm³/mol. The Balaban J connectivity index is 2.21. The Morgan fingerprint density at radius 1 is 1.29 bits per heavy atom. The highest BCUT2D eigenvalue weighted by Crippen LogP contribution is 2.29. The van der Waals surface area contributed by atoms with E-state index in [-0.39, 0.29) is 5.75 Å². The van der Waals surface area contributed by atoms with Crippen molar-refractivity contribution in [3.05, 3.63) is 23.8 Å². The number of aldehydes is 1. The van der Waals surface area contributed by atoms with Gasteiger partial charge in [0.1, 0.15) is 5.75 Å². The molecule has 0 radical (unpaired) electrons. The molecule has 2 atom stereocenters. The Morgan fingerprint density at radius 2 is 1.94 bits per heavy atom. The van der Waals surface area contributed by atoms with Crippen molar-refractivity contribution in [2.45, 2.75) is 20.3 Å². The molecule has 1 aromatic carbocycles. The second kappa shape index (κ2) is 4.78. The van der Waals surface area contributed by atoms with E-state index in [1.165, 1.54) is 6.42 Å². The lowest BCUT2D eigenvalue weighted by Gasteiger charge is -2.36. The molecule has 1 heterocycles. The predicted octanol–water partition coefficient (Wildman–Crippen LogP) is 2.69. The van der Waals surface area contributed by atoms with E-state index in [9.17, 15) is 9.90 Å². The molecule has 2 unspecified atom stereocenters. The molecule has 1 N–H and O–H groups in total. The summed E-state index contributed by atoms with van der Waals surface area (Å²) in [6.07, 6.45) is 1.94. The molecule has 1 fully saturated rings. The summed E-state index contributed by atoms with van der Waals surface area (Å²) in [5.74, 6) is 1.42. The molecule has 17 heavy (non-hydrogen) atoms. The number of hydrogen-bond acceptors (Lipinski definition) is 3. The van der Waals surface area contributed by atoms with Gasteiger partial charge in [-0.3, -0.25) is 4.79 Å². The normalized spacial score (nSPS) is 24.7. The molecule has 1 aliphatic heterocycles. The van der Waals surface area contributed by atoms with Crippen LogP contribution in [0, 0.1) is 11.8 Å². The number of rotatable bonds is 2. The van der Waals surface area contributed by atoms with Crippen molar-refractivity contribution in [2.24, 2.45) is 11.8 Å². The summed E-state index contributed by atoms with van der Waals surface area (Å²) in [6, 6.07) is 5.28. The number of piperidine rings is 1. The molecule has 92 valence electrons. The summed E-state index contributed by atoms with van der Waals surface area (Å²) in [5, 5.41) is 9.70. The van der Waals surface area contributed by atoms with E-state index in [2.05, 4.69) is 18.7 Å². The summed E-state index contributed by atoms with van der Waals surface area (Å²) in [4.78, 5) is 12.9. The second-order valence-corrected chi connectivity index (χ2v) is 5.21. The molecule has 0 saturated carbocycles. The maximum absolute atomic E-state index is 10.6. The van der Waals surface area contributed by atoms with E-state index in [1.54, 1.807) is 12.1 Å². The van der Waals surface area contributed by atoms with Crippen LogP contribution in [0.15, 0.2) is 18.2 Å². The number of carbonyl (C=O) groups is 1. The van der Waals surface area contributed by atoms with E-state index >= 15 is 0 Å². The molecular formula is C14H19NO2. The minimum absolute atomic E-state index is 0.0726. The van der Waals surface area contributed by atoms with Gasteiger partial charge in [0.2, 0.25) is 0 Å². The van der Waals surface area contributed by atoms with Crippen LogP contribution < -0.4 is 4.90 Å². The number of phenols is 1. The lowest BCUT2D eigenvalue weighted by Crippen LogP contribution is -2.38. The first kappa shape index (κ1) is 12.0. The highest BCUT2D eigenvalue weighted by Gasteiger charge is 2.22. The summed E-state index contributed by atoms with van der Waals surface area (Å²) < 4.78 is 0. The van der Waals surface area contributed by atoms with Gasteiger partial charge in [-0.15, -0.1) is 0 Å². The van der Waals surface area contributed by atoms with E-state index in [0.717, 1.165) is 18.8 Å². The molecule has 0 aromatic heterocycles. The largest absolute Gasteiger partial charge is 0.507 e. The van der Waals surface area contributed by atoms with E-state index in [4.69, 9.17) is 0 Å². The van der Waals surface area contributed by atoms with Gasteiger partial charge in [0.05, 0.1) is 5.56 Å². The zero-order valence-electron chi connectivity index (χ0n) is 10.4. The van der Waals surface area contributed by atoms with Crippen LogP contribution in [0.3, 0.4) is 0 Å². The van der Waals surface area contributed by atoms with Crippen LogP contribution in [0.1, 0.15) is 30.6 Å². The number of anilines is 1. The smallest absolute Gasteiger partial charge is 0.153 e. The highest BCUT2D eigenvalue weighted by atomic mass is 16.3. The maximum atomic E-state index is 10.6. The quantitative estimate of drug-likeness (QED) is 0.798. The van der Waals surface area contributed by atoms with Gasteiger partial charge in [0, 0.05) is 24.8 Å². The number of hydrogen-bond donors (Lipinski definition) is 1. The standard InChI is InChI=1S/C14H19NO2/c1-10-5-11(2)8-15(7-10)13-4-3-12(9-16)14(17)6-13/h3-4,6,9-11,17H,5,7-8H2,1-2H3. The Kier molecular flexibility index (Phi) is 3.36.